The average Bonchev–Trinajstić information content (AvgIpc) is 2.06. The van der Waals surface area contributed by atoms with Crippen LogP contribution in [0.5, 0.6) is 0 Å². The molecule has 0 aliphatic rings. The van der Waals surface area contributed by atoms with E-state index in [1.165, 1.54) is 0 Å². The molecule has 2 radical (unpaired) electrons. The van der Waals surface area contributed by atoms with Crippen molar-refractivity contribution in [3.8, 4) is 0 Å². The van der Waals surface area contributed by atoms with Crippen LogP contribution in [0.4, 0.5) is 0 Å². The summed E-state index contributed by atoms with van der Waals surface area (Å²) in [5, 5.41) is 0. The molecule has 1 aromatic heterocycles. The molecule has 3 heteroatoms. The first-order valence-electron chi connectivity index (χ1n) is 3.54. The number of fused-ring (bicyclic) bond motifs is 1. The molecule has 0 amide bonds. The van der Waals surface area contributed by atoms with Crippen LogP contribution >= 0.6 is 0 Å². The number of aromatic nitrogens is 2. The zero-order valence-corrected chi connectivity index (χ0v) is 5.69. The lowest BCUT2D eigenvalue weighted by Gasteiger charge is -1.90. The van der Waals surface area contributed by atoms with Crippen molar-refractivity contribution in [3.63, 3.8) is 0 Å². The van der Waals surface area contributed by atoms with Crippen molar-refractivity contribution in [3.05, 3.63) is 36.6 Å². The van der Waals surface area contributed by atoms with Crippen LogP contribution in [0.1, 0.15) is 1.37 Å². The van der Waals surface area contributed by atoms with Gasteiger partial charge in [-0.2, -0.15) is 0 Å². The minimum Gasteiger partial charge on any atom is -0.253 e. The van der Waals surface area contributed by atoms with Crippen LogP contribution in [-0.4, -0.2) is 9.97 Å². The van der Waals surface area contributed by atoms with Gasteiger partial charge in [0.2, 0.25) is 0 Å². The van der Waals surface area contributed by atoms with Gasteiger partial charge in [-0.1, -0.05) is 12.1 Å². The molecule has 0 saturated carbocycles. The van der Waals surface area contributed by atoms with E-state index in [2.05, 4.69) is 9.97 Å². The van der Waals surface area contributed by atoms with Gasteiger partial charge in [-0.3, -0.25) is 9.97 Å². The van der Waals surface area contributed by atoms with Gasteiger partial charge in [0, 0.05) is 17.9 Å². The van der Waals surface area contributed by atoms with E-state index >= 15 is 0 Å². The predicted octanol–water partition coefficient (Wildman–Crippen LogP) is 1.51. The number of para-hydroxylation sites is 2. The molecular formula is C8H6N2O. The lowest BCUT2D eigenvalue weighted by atomic mass is 10.3. The number of hydrogen-bond acceptors (Lipinski definition) is 2. The predicted molar refractivity (Wildman–Crippen MR) is 40.2 cm³/mol. The molecule has 54 valence electrons. The summed E-state index contributed by atoms with van der Waals surface area (Å²) in [6.45, 7) is 0. The Morgan fingerprint density at radius 2 is 1.82 bits per heavy atom. The molecular weight excluding hydrogens is 140 g/mol. The van der Waals surface area contributed by atoms with Crippen molar-refractivity contribution < 1.29 is 6.85 Å². The van der Waals surface area contributed by atoms with E-state index in [0.717, 1.165) is 5.52 Å². The number of rotatable bonds is 0. The largest absolute Gasteiger partial charge is 0.253 e. The maximum absolute atomic E-state index is 7.46. The van der Waals surface area contributed by atoms with Gasteiger partial charge in [0.05, 0.1) is 12.4 Å². The van der Waals surface area contributed by atoms with Gasteiger partial charge in [0.1, 0.15) is 0 Å². The summed E-state index contributed by atoms with van der Waals surface area (Å²) in [6, 6.07) is 5.78. The molecule has 0 aliphatic carbocycles. The highest BCUT2D eigenvalue weighted by Gasteiger charge is 1.88. The molecule has 1 heterocycles. The van der Waals surface area contributed by atoms with Gasteiger partial charge in [-0.05, 0) is 12.1 Å². The second-order valence-electron chi connectivity index (χ2n) is 1.96. The molecule has 1 aromatic carbocycles. The Morgan fingerprint density at radius 1 is 1.09 bits per heavy atom. The number of benzene rings is 1. The minimum atomic E-state index is 0. The van der Waals surface area contributed by atoms with E-state index in [1.807, 2.05) is 6.07 Å². The third-order valence-corrected chi connectivity index (χ3v) is 1.30. The molecule has 0 aliphatic heterocycles. The maximum Gasteiger partial charge on any atom is 0.0886 e. The van der Waals surface area contributed by atoms with Crippen LogP contribution in [0.3, 0.4) is 0 Å². The molecule has 11 heavy (non-hydrogen) atoms. The second-order valence-corrected chi connectivity index (χ2v) is 1.96. The van der Waals surface area contributed by atoms with E-state index in [-0.39, 0.29) is 5.48 Å². The summed E-state index contributed by atoms with van der Waals surface area (Å²) < 4.78 is 7.46. The Balaban J connectivity index is 0.000000720. The maximum atomic E-state index is 7.46. The molecule has 0 spiro atoms. The van der Waals surface area contributed by atoms with Gasteiger partial charge >= 0.3 is 0 Å². The average molecular weight is 147 g/mol. The highest BCUT2D eigenvalue weighted by atomic mass is 16.0. The zero-order chi connectivity index (χ0) is 7.68. The standard InChI is InChI=1S/C8H6N2.O/c1-2-4-8-7(3-1)9-5-6-10-8;/h1-6H;/i3D;. The molecule has 0 saturated heterocycles. The van der Waals surface area contributed by atoms with Gasteiger partial charge in [0.25, 0.3) is 0 Å². The van der Waals surface area contributed by atoms with Crippen molar-refractivity contribution in [1.82, 2.24) is 9.97 Å². The monoisotopic (exact) mass is 147 g/mol. The van der Waals surface area contributed by atoms with Crippen LogP contribution < -0.4 is 0 Å². The lowest BCUT2D eigenvalue weighted by molar-refractivity contribution is 0.686. The van der Waals surface area contributed by atoms with E-state index < -0.39 is 0 Å². The van der Waals surface area contributed by atoms with Gasteiger partial charge in [0.15, 0.2) is 0 Å². The van der Waals surface area contributed by atoms with Crippen LogP contribution in [0.25, 0.3) is 11.0 Å². The third-order valence-electron chi connectivity index (χ3n) is 1.30. The molecule has 0 unspecified atom stereocenters. The molecule has 0 fully saturated rings. The fraction of sp³-hybridized carbons (Fsp3) is 0. The van der Waals surface area contributed by atoms with E-state index in [1.54, 1.807) is 24.5 Å². The van der Waals surface area contributed by atoms with Crippen LogP contribution in [0.2, 0.25) is 0 Å². The van der Waals surface area contributed by atoms with E-state index in [0.29, 0.717) is 11.6 Å². The lowest BCUT2D eigenvalue weighted by Crippen LogP contribution is -1.78. The number of nitrogens with zero attached hydrogens (tertiary/aromatic N) is 2. The summed E-state index contributed by atoms with van der Waals surface area (Å²) in [5.41, 5.74) is 1.44. The van der Waals surface area contributed by atoms with Crippen molar-refractivity contribution in [2.24, 2.45) is 0 Å². The quantitative estimate of drug-likeness (QED) is 0.567. The Kier molecular flexibility index (Phi) is 1.74. The zero-order valence-electron chi connectivity index (χ0n) is 6.69. The van der Waals surface area contributed by atoms with Crippen molar-refractivity contribution >= 4 is 11.0 Å². The highest BCUT2D eigenvalue weighted by molar-refractivity contribution is 5.72. The Bertz CT molecular complexity index is 386. The summed E-state index contributed by atoms with van der Waals surface area (Å²) in [6.07, 6.45) is 3.22. The molecule has 0 N–H and O–H groups in total. The highest BCUT2D eigenvalue weighted by Crippen LogP contribution is 2.04. The van der Waals surface area contributed by atoms with Crippen molar-refractivity contribution in [1.29, 1.82) is 0 Å². The second kappa shape index (κ2) is 3.07. The Labute approximate surface area is 65.4 Å². The summed E-state index contributed by atoms with van der Waals surface area (Å²) >= 11 is 0. The van der Waals surface area contributed by atoms with Gasteiger partial charge in [-0.15, -0.1) is 0 Å². The van der Waals surface area contributed by atoms with E-state index in [9.17, 15) is 0 Å². The van der Waals surface area contributed by atoms with Gasteiger partial charge < -0.3 is 0 Å². The first-order valence-corrected chi connectivity index (χ1v) is 3.04. The van der Waals surface area contributed by atoms with E-state index in [4.69, 9.17) is 1.37 Å². The normalized spacial score (nSPS) is 10.4. The number of hydrogen-bond donors (Lipinski definition) is 0. The van der Waals surface area contributed by atoms with Crippen molar-refractivity contribution in [2.75, 3.05) is 0 Å². The smallest absolute Gasteiger partial charge is 0.0886 e. The topological polar surface area (TPSA) is 54.3 Å². The summed E-state index contributed by atoms with van der Waals surface area (Å²) in [4.78, 5) is 8.09. The van der Waals surface area contributed by atoms with Gasteiger partial charge in [-0.25, -0.2) is 0 Å². The summed E-state index contributed by atoms with van der Waals surface area (Å²) in [5.74, 6) is 0. The minimum absolute atomic E-state index is 0. The first-order chi connectivity index (χ1) is 5.38. The Morgan fingerprint density at radius 3 is 2.55 bits per heavy atom. The molecule has 0 bridgehead atoms. The third kappa shape index (κ3) is 1.33. The fourth-order valence-corrected chi connectivity index (χ4v) is 0.848. The SMILES string of the molecule is [2H]c1cccc2nccnc12.[O]. The Hall–Kier alpha value is -1.48. The molecule has 2 rings (SSSR count). The van der Waals surface area contributed by atoms with Crippen LogP contribution in [0, 0.1) is 0 Å². The van der Waals surface area contributed by atoms with Crippen LogP contribution in [0.15, 0.2) is 36.6 Å². The molecule has 3 nitrogen and oxygen atoms in total. The summed E-state index contributed by atoms with van der Waals surface area (Å²) in [7, 11) is 0. The first kappa shape index (κ1) is 6.24. The van der Waals surface area contributed by atoms with Crippen LogP contribution in [-0.2, 0) is 5.48 Å². The van der Waals surface area contributed by atoms with Crippen molar-refractivity contribution in [2.45, 2.75) is 0 Å². The molecule has 2 aromatic rings. The fourth-order valence-electron chi connectivity index (χ4n) is 0.848. The molecule has 0 atom stereocenters.